The molecule has 1 fully saturated rings. The van der Waals surface area contributed by atoms with Crippen molar-refractivity contribution in [3.63, 3.8) is 0 Å². The quantitative estimate of drug-likeness (QED) is 0.550. The van der Waals surface area contributed by atoms with E-state index in [1.54, 1.807) is 0 Å². The van der Waals surface area contributed by atoms with Gasteiger partial charge in [-0.05, 0) is 25.3 Å². The monoisotopic (exact) mass is 148 g/mol. The first kappa shape index (κ1) is 6.96. The topological polar surface area (TPSA) is 3.24 Å². The van der Waals surface area contributed by atoms with Crippen LogP contribution in [0.2, 0.25) is 0 Å². The summed E-state index contributed by atoms with van der Waals surface area (Å²) in [6, 6.07) is 0. The standard InChI is InChI=1S/C10H14N/c1-2-6-10(7-3-1)11-8-4-5-9-11/h1-2,6-7H,3-5,8-9H2. The molecule has 0 spiro atoms. The zero-order chi connectivity index (χ0) is 7.52. The van der Waals surface area contributed by atoms with Gasteiger partial charge in [-0.15, -0.1) is 0 Å². The van der Waals surface area contributed by atoms with Crippen LogP contribution in [0, 0.1) is 6.42 Å². The van der Waals surface area contributed by atoms with Crippen LogP contribution in [0.25, 0.3) is 0 Å². The Morgan fingerprint density at radius 2 is 2.00 bits per heavy atom. The van der Waals surface area contributed by atoms with Crippen LogP contribution in [0.3, 0.4) is 0 Å². The molecule has 0 aromatic carbocycles. The highest BCUT2D eigenvalue weighted by Gasteiger charge is 2.14. The van der Waals surface area contributed by atoms with Crippen LogP contribution in [-0.4, -0.2) is 18.0 Å². The van der Waals surface area contributed by atoms with Crippen LogP contribution < -0.4 is 0 Å². The lowest BCUT2D eigenvalue weighted by molar-refractivity contribution is 0.430. The van der Waals surface area contributed by atoms with Crippen molar-refractivity contribution in [2.75, 3.05) is 13.1 Å². The average molecular weight is 148 g/mol. The molecule has 0 amide bonds. The van der Waals surface area contributed by atoms with E-state index >= 15 is 0 Å². The molecule has 2 aliphatic rings. The van der Waals surface area contributed by atoms with E-state index in [0.717, 1.165) is 6.42 Å². The van der Waals surface area contributed by atoms with Crippen LogP contribution >= 0.6 is 0 Å². The largest absolute Gasteiger partial charge is 0.375 e. The van der Waals surface area contributed by atoms with Gasteiger partial charge in [-0.25, -0.2) is 0 Å². The number of hydrogen-bond acceptors (Lipinski definition) is 1. The van der Waals surface area contributed by atoms with Gasteiger partial charge in [0.2, 0.25) is 0 Å². The Morgan fingerprint density at radius 3 is 2.64 bits per heavy atom. The summed E-state index contributed by atoms with van der Waals surface area (Å²) in [4.78, 5) is 2.48. The van der Waals surface area contributed by atoms with Gasteiger partial charge >= 0.3 is 0 Å². The molecule has 1 aliphatic carbocycles. The molecule has 1 radical (unpaired) electrons. The van der Waals surface area contributed by atoms with E-state index in [2.05, 4.69) is 29.5 Å². The molecule has 0 aromatic rings. The minimum atomic E-state index is 1.11. The van der Waals surface area contributed by atoms with Crippen molar-refractivity contribution in [3.8, 4) is 0 Å². The third kappa shape index (κ3) is 1.47. The summed E-state index contributed by atoms with van der Waals surface area (Å²) in [5.74, 6) is 0. The van der Waals surface area contributed by atoms with Crippen molar-refractivity contribution >= 4 is 0 Å². The summed E-state index contributed by atoms with van der Waals surface area (Å²) in [5.41, 5.74) is 1.44. The van der Waals surface area contributed by atoms with Crippen LogP contribution in [0.5, 0.6) is 0 Å². The average Bonchev–Trinajstić information content (AvgIpc) is 2.58. The van der Waals surface area contributed by atoms with Gasteiger partial charge in [0.25, 0.3) is 0 Å². The van der Waals surface area contributed by atoms with Gasteiger partial charge < -0.3 is 4.90 Å². The fraction of sp³-hybridized carbons (Fsp3) is 0.500. The number of likely N-dealkylation sites (tertiary alicyclic amines) is 1. The van der Waals surface area contributed by atoms with Gasteiger partial charge in [-0.3, -0.25) is 0 Å². The smallest absolute Gasteiger partial charge is 0.0175 e. The van der Waals surface area contributed by atoms with Crippen molar-refractivity contribution < 1.29 is 0 Å². The normalized spacial score (nSPS) is 24.0. The predicted octanol–water partition coefficient (Wildman–Crippen LogP) is 2.13. The first-order valence-corrected chi connectivity index (χ1v) is 4.42. The molecular weight excluding hydrogens is 134 g/mol. The zero-order valence-corrected chi connectivity index (χ0v) is 6.79. The van der Waals surface area contributed by atoms with Crippen LogP contribution in [-0.2, 0) is 0 Å². The summed E-state index contributed by atoms with van der Waals surface area (Å²) in [6.45, 7) is 2.52. The first-order valence-electron chi connectivity index (χ1n) is 4.42. The summed E-state index contributed by atoms with van der Waals surface area (Å²) in [6.07, 6.45) is 12.7. The molecule has 1 saturated heterocycles. The van der Waals surface area contributed by atoms with Gasteiger partial charge in [-0.1, -0.05) is 12.2 Å². The minimum absolute atomic E-state index is 1.11. The fourth-order valence-electron chi connectivity index (χ4n) is 1.71. The number of hydrogen-bond donors (Lipinski definition) is 0. The lowest BCUT2D eigenvalue weighted by atomic mass is 10.1. The molecule has 0 aromatic heterocycles. The second-order valence-electron chi connectivity index (χ2n) is 3.15. The van der Waals surface area contributed by atoms with Crippen LogP contribution in [0.15, 0.2) is 23.9 Å². The maximum atomic E-state index is 2.48. The molecular formula is C10H14N. The second kappa shape index (κ2) is 3.12. The maximum Gasteiger partial charge on any atom is 0.0175 e. The number of rotatable bonds is 1. The van der Waals surface area contributed by atoms with E-state index in [9.17, 15) is 0 Å². The lowest BCUT2D eigenvalue weighted by Gasteiger charge is -2.21. The Labute approximate surface area is 68.4 Å². The molecule has 0 N–H and O–H groups in total. The third-order valence-electron chi connectivity index (χ3n) is 2.34. The molecule has 0 saturated carbocycles. The van der Waals surface area contributed by atoms with Crippen molar-refractivity contribution in [2.45, 2.75) is 19.3 Å². The summed E-state index contributed by atoms with van der Waals surface area (Å²) >= 11 is 0. The predicted molar refractivity (Wildman–Crippen MR) is 46.9 cm³/mol. The van der Waals surface area contributed by atoms with E-state index < -0.39 is 0 Å². The van der Waals surface area contributed by atoms with Gasteiger partial charge in [0.15, 0.2) is 0 Å². The van der Waals surface area contributed by atoms with Crippen molar-refractivity contribution in [1.82, 2.24) is 4.90 Å². The highest BCUT2D eigenvalue weighted by Crippen LogP contribution is 2.20. The first-order chi connectivity index (χ1) is 5.47. The highest BCUT2D eigenvalue weighted by atomic mass is 15.1. The number of nitrogens with zero attached hydrogens (tertiary/aromatic N) is 1. The SMILES string of the molecule is [CH]1CC=CC=C1N1CCCC1. The van der Waals surface area contributed by atoms with Gasteiger partial charge in [0.05, 0.1) is 0 Å². The molecule has 1 heteroatoms. The van der Waals surface area contributed by atoms with E-state index in [0.29, 0.717) is 0 Å². The van der Waals surface area contributed by atoms with Crippen molar-refractivity contribution in [1.29, 1.82) is 0 Å². The second-order valence-corrected chi connectivity index (χ2v) is 3.15. The maximum absolute atomic E-state index is 2.48. The van der Waals surface area contributed by atoms with Crippen molar-refractivity contribution in [3.05, 3.63) is 30.3 Å². The van der Waals surface area contributed by atoms with Crippen LogP contribution in [0.1, 0.15) is 19.3 Å². The molecule has 1 nitrogen and oxygen atoms in total. The van der Waals surface area contributed by atoms with Gasteiger partial charge in [0.1, 0.15) is 0 Å². The molecule has 2 rings (SSSR count). The highest BCUT2D eigenvalue weighted by molar-refractivity contribution is 5.25. The summed E-state index contributed by atoms with van der Waals surface area (Å²) in [5, 5.41) is 0. The Morgan fingerprint density at radius 1 is 1.18 bits per heavy atom. The summed E-state index contributed by atoms with van der Waals surface area (Å²) < 4.78 is 0. The molecule has 1 heterocycles. The summed E-state index contributed by atoms with van der Waals surface area (Å²) in [7, 11) is 0. The Hall–Kier alpha value is -0.720. The van der Waals surface area contributed by atoms with Gasteiger partial charge in [0, 0.05) is 25.2 Å². The number of allylic oxidation sites excluding steroid dienone is 4. The third-order valence-corrected chi connectivity index (χ3v) is 2.34. The molecule has 11 heavy (non-hydrogen) atoms. The fourth-order valence-corrected chi connectivity index (χ4v) is 1.71. The van der Waals surface area contributed by atoms with Crippen molar-refractivity contribution in [2.24, 2.45) is 0 Å². The van der Waals surface area contributed by atoms with Gasteiger partial charge in [-0.2, -0.15) is 0 Å². The Bertz CT molecular complexity index is 185. The van der Waals surface area contributed by atoms with E-state index in [1.807, 2.05) is 0 Å². The molecule has 0 unspecified atom stereocenters. The van der Waals surface area contributed by atoms with E-state index in [-0.39, 0.29) is 0 Å². The van der Waals surface area contributed by atoms with E-state index in [1.165, 1.54) is 31.6 Å². The molecule has 0 atom stereocenters. The minimum Gasteiger partial charge on any atom is -0.375 e. The Kier molecular flexibility index (Phi) is 1.97. The molecule has 59 valence electrons. The van der Waals surface area contributed by atoms with Crippen LogP contribution in [0.4, 0.5) is 0 Å². The lowest BCUT2D eigenvalue weighted by Crippen LogP contribution is -2.19. The molecule has 1 aliphatic heterocycles. The van der Waals surface area contributed by atoms with E-state index in [4.69, 9.17) is 0 Å². The zero-order valence-electron chi connectivity index (χ0n) is 6.79. The Balaban J connectivity index is 2.02. The molecule has 0 bridgehead atoms.